The van der Waals surface area contributed by atoms with E-state index in [1.165, 1.54) is 58.0 Å². The summed E-state index contributed by atoms with van der Waals surface area (Å²) in [6, 6.07) is 3.23. The van der Waals surface area contributed by atoms with Crippen LogP contribution < -0.4 is 0 Å². The van der Waals surface area contributed by atoms with Gasteiger partial charge in [0.05, 0.1) is 11.5 Å². The minimum absolute atomic E-state index is 0.137. The average Bonchev–Trinajstić information content (AvgIpc) is 2.40. The first kappa shape index (κ1) is 15.5. The second-order valence-electron chi connectivity index (χ2n) is 6.37. The van der Waals surface area contributed by atoms with Crippen LogP contribution in [0.1, 0.15) is 72.1 Å². The molecule has 1 aliphatic rings. The highest BCUT2D eigenvalue weighted by molar-refractivity contribution is 4.91. The van der Waals surface area contributed by atoms with Crippen LogP contribution in [0.15, 0.2) is 0 Å². The molecule has 0 radical (unpaired) electrons. The summed E-state index contributed by atoms with van der Waals surface area (Å²) in [5, 5.41) is 8.99. The topological polar surface area (TPSA) is 27.0 Å². The van der Waals surface area contributed by atoms with Gasteiger partial charge in [0.15, 0.2) is 0 Å². The van der Waals surface area contributed by atoms with Crippen LogP contribution in [0, 0.1) is 16.7 Å². The fourth-order valence-corrected chi connectivity index (χ4v) is 2.98. The first-order valence-electron chi connectivity index (χ1n) is 7.74. The molecule has 0 amide bonds. The Morgan fingerprint density at radius 1 is 1.17 bits per heavy atom. The lowest BCUT2D eigenvalue weighted by Crippen LogP contribution is -2.37. The number of unbranched alkanes of at least 4 members (excludes halogenated alkanes) is 1. The van der Waals surface area contributed by atoms with Crippen molar-refractivity contribution < 1.29 is 0 Å². The Morgan fingerprint density at radius 3 is 2.39 bits per heavy atom. The normalized spacial score (nSPS) is 17.9. The van der Waals surface area contributed by atoms with Gasteiger partial charge in [0, 0.05) is 6.04 Å². The van der Waals surface area contributed by atoms with E-state index in [4.69, 9.17) is 5.26 Å². The maximum atomic E-state index is 8.99. The standard InChI is InChI=1S/C16H30N2/c1-4-18(15-10-6-5-7-11-15)13-9-8-12-16(2,3)14-17/h15H,4-13H2,1-3H3. The van der Waals surface area contributed by atoms with E-state index in [9.17, 15) is 0 Å². The summed E-state index contributed by atoms with van der Waals surface area (Å²) in [7, 11) is 0. The zero-order valence-electron chi connectivity index (χ0n) is 12.5. The van der Waals surface area contributed by atoms with Crippen LogP contribution in [0.25, 0.3) is 0 Å². The van der Waals surface area contributed by atoms with Crippen LogP contribution in [0.4, 0.5) is 0 Å². The molecule has 1 rings (SSSR count). The van der Waals surface area contributed by atoms with Gasteiger partial charge in [-0.05, 0) is 52.6 Å². The molecule has 1 saturated carbocycles. The van der Waals surface area contributed by atoms with Crippen LogP contribution in [0.2, 0.25) is 0 Å². The van der Waals surface area contributed by atoms with Gasteiger partial charge in [0.25, 0.3) is 0 Å². The predicted octanol–water partition coefficient (Wildman–Crippen LogP) is 4.36. The average molecular weight is 250 g/mol. The number of rotatable bonds is 7. The Hall–Kier alpha value is -0.550. The monoisotopic (exact) mass is 250 g/mol. The number of hydrogen-bond donors (Lipinski definition) is 0. The molecule has 18 heavy (non-hydrogen) atoms. The van der Waals surface area contributed by atoms with E-state index in [0.29, 0.717) is 0 Å². The van der Waals surface area contributed by atoms with Gasteiger partial charge >= 0.3 is 0 Å². The lowest BCUT2D eigenvalue weighted by Gasteiger charge is -2.33. The quantitative estimate of drug-likeness (QED) is 0.628. The summed E-state index contributed by atoms with van der Waals surface area (Å²) in [6.07, 6.45) is 10.5. The predicted molar refractivity (Wildman–Crippen MR) is 77.4 cm³/mol. The van der Waals surface area contributed by atoms with Crippen molar-refractivity contribution in [2.45, 2.75) is 78.2 Å². The minimum atomic E-state index is -0.137. The third kappa shape index (κ3) is 5.40. The van der Waals surface area contributed by atoms with Crippen molar-refractivity contribution in [2.75, 3.05) is 13.1 Å². The molecule has 104 valence electrons. The Balaban J connectivity index is 2.21. The molecule has 2 nitrogen and oxygen atoms in total. The fourth-order valence-electron chi connectivity index (χ4n) is 2.98. The molecule has 0 aromatic rings. The smallest absolute Gasteiger partial charge is 0.0683 e. The molecule has 0 saturated heterocycles. The Morgan fingerprint density at radius 2 is 1.83 bits per heavy atom. The van der Waals surface area contributed by atoms with Gasteiger partial charge in [-0.15, -0.1) is 0 Å². The molecule has 0 atom stereocenters. The molecule has 0 aromatic heterocycles. The highest BCUT2D eigenvalue weighted by Gasteiger charge is 2.20. The second-order valence-corrected chi connectivity index (χ2v) is 6.37. The molecule has 0 heterocycles. The molecular weight excluding hydrogens is 220 g/mol. The van der Waals surface area contributed by atoms with Gasteiger partial charge in [0.1, 0.15) is 0 Å². The third-order valence-corrected chi connectivity index (χ3v) is 4.30. The first-order valence-corrected chi connectivity index (χ1v) is 7.74. The van der Waals surface area contributed by atoms with E-state index in [2.05, 4.69) is 17.9 Å². The zero-order chi connectivity index (χ0) is 13.4. The van der Waals surface area contributed by atoms with Crippen LogP contribution in [-0.4, -0.2) is 24.0 Å². The van der Waals surface area contributed by atoms with Crippen LogP contribution >= 0.6 is 0 Å². The summed E-state index contributed by atoms with van der Waals surface area (Å²) in [6.45, 7) is 8.79. The van der Waals surface area contributed by atoms with Crippen LogP contribution in [0.3, 0.4) is 0 Å². The van der Waals surface area contributed by atoms with Crippen LogP contribution in [-0.2, 0) is 0 Å². The van der Waals surface area contributed by atoms with Crippen molar-refractivity contribution in [3.8, 4) is 6.07 Å². The molecule has 1 aliphatic carbocycles. The lowest BCUT2D eigenvalue weighted by atomic mass is 9.89. The molecular formula is C16H30N2. The molecule has 0 aliphatic heterocycles. The highest BCUT2D eigenvalue weighted by Crippen LogP contribution is 2.24. The second kappa shape index (κ2) is 7.79. The van der Waals surface area contributed by atoms with Crippen molar-refractivity contribution in [1.82, 2.24) is 4.90 Å². The van der Waals surface area contributed by atoms with E-state index in [-0.39, 0.29) is 5.41 Å². The summed E-state index contributed by atoms with van der Waals surface area (Å²) in [5.74, 6) is 0. The van der Waals surface area contributed by atoms with Crippen molar-refractivity contribution >= 4 is 0 Å². The Bertz CT molecular complexity index is 259. The Labute approximate surface area is 113 Å². The SMILES string of the molecule is CCN(CCCCC(C)(C)C#N)C1CCCCC1. The maximum absolute atomic E-state index is 8.99. The molecule has 1 fully saturated rings. The minimum Gasteiger partial charge on any atom is -0.301 e. The lowest BCUT2D eigenvalue weighted by molar-refractivity contribution is 0.159. The van der Waals surface area contributed by atoms with E-state index in [1.807, 2.05) is 13.8 Å². The van der Waals surface area contributed by atoms with Crippen LogP contribution in [0.5, 0.6) is 0 Å². The van der Waals surface area contributed by atoms with Gasteiger partial charge in [-0.2, -0.15) is 5.26 Å². The maximum Gasteiger partial charge on any atom is 0.0683 e. The summed E-state index contributed by atoms with van der Waals surface area (Å²) in [4.78, 5) is 2.67. The number of hydrogen-bond acceptors (Lipinski definition) is 2. The Kier molecular flexibility index (Phi) is 6.71. The van der Waals surface area contributed by atoms with Gasteiger partial charge in [-0.1, -0.05) is 32.6 Å². The van der Waals surface area contributed by atoms with Gasteiger partial charge in [-0.3, -0.25) is 0 Å². The highest BCUT2D eigenvalue weighted by atomic mass is 15.1. The van der Waals surface area contributed by atoms with E-state index in [1.54, 1.807) is 0 Å². The molecule has 0 unspecified atom stereocenters. The van der Waals surface area contributed by atoms with Crippen molar-refractivity contribution in [2.24, 2.45) is 5.41 Å². The molecule has 0 spiro atoms. The summed E-state index contributed by atoms with van der Waals surface area (Å²) in [5.41, 5.74) is -0.137. The van der Waals surface area contributed by atoms with Gasteiger partial charge < -0.3 is 4.90 Å². The van der Waals surface area contributed by atoms with Crippen molar-refractivity contribution in [3.63, 3.8) is 0 Å². The fraction of sp³-hybridized carbons (Fsp3) is 0.938. The van der Waals surface area contributed by atoms with Gasteiger partial charge in [-0.25, -0.2) is 0 Å². The van der Waals surface area contributed by atoms with Crippen molar-refractivity contribution in [3.05, 3.63) is 0 Å². The first-order chi connectivity index (χ1) is 8.59. The van der Waals surface area contributed by atoms with Crippen molar-refractivity contribution in [1.29, 1.82) is 5.26 Å². The number of nitrogens with zero attached hydrogens (tertiary/aromatic N) is 2. The van der Waals surface area contributed by atoms with Gasteiger partial charge in [0.2, 0.25) is 0 Å². The van der Waals surface area contributed by atoms with E-state index in [0.717, 1.165) is 12.5 Å². The summed E-state index contributed by atoms with van der Waals surface area (Å²) >= 11 is 0. The summed E-state index contributed by atoms with van der Waals surface area (Å²) < 4.78 is 0. The molecule has 0 N–H and O–H groups in total. The van der Waals surface area contributed by atoms with E-state index >= 15 is 0 Å². The molecule has 0 aromatic carbocycles. The largest absolute Gasteiger partial charge is 0.301 e. The molecule has 2 heteroatoms. The van der Waals surface area contributed by atoms with E-state index < -0.39 is 0 Å². The number of nitriles is 1. The molecule has 0 bridgehead atoms. The zero-order valence-corrected chi connectivity index (χ0v) is 12.5. The third-order valence-electron chi connectivity index (χ3n) is 4.30.